The van der Waals surface area contributed by atoms with Crippen molar-refractivity contribution in [1.29, 1.82) is 0 Å². The van der Waals surface area contributed by atoms with Crippen molar-refractivity contribution in [3.05, 3.63) is 77.4 Å². The number of carbonyl (C=O) groups excluding carboxylic acids is 1. The number of nitrogens with zero attached hydrogens (tertiary/aromatic N) is 1. The average Bonchev–Trinajstić information content (AvgIpc) is 2.81. The third-order valence-electron chi connectivity index (χ3n) is 5.69. The molecule has 1 aliphatic carbocycles. The Morgan fingerprint density at radius 2 is 1.88 bits per heavy atom. The third kappa shape index (κ3) is 5.51. The van der Waals surface area contributed by atoms with Crippen molar-refractivity contribution in [3.63, 3.8) is 0 Å². The van der Waals surface area contributed by atoms with Crippen LogP contribution in [0.25, 0.3) is 10.8 Å². The van der Waals surface area contributed by atoms with Gasteiger partial charge in [-0.25, -0.2) is 4.79 Å². The van der Waals surface area contributed by atoms with Crippen LogP contribution in [0.3, 0.4) is 0 Å². The maximum atomic E-state index is 12.7. The zero-order chi connectivity index (χ0) is 22.3. The van der Waals surface area contributed by atoms with Gasteiger partial charge in [-0.3, -0.25) is 5.43 Å². The number of rotatable bonds is 5. The fraction of sp³-hybridized carbons (Fsp3) is 0.269. The zero-order valence-corrected chi connectivity index (χ0v) is 19.0. The minimum atomic E-state index is -0.402. The summed E-state index contributed by atoms with van der Waals surface area (Å²) in [4.78, 5) is 12.7. The van der Waals surface area contributed by atoms with Crippen molar-refractivity contribution in [2.45, 2.75) is 45.1 Å². The van der Waals surface area contributed by atoms with Crippen molar-refractivity contribution in [2.24, 2.45) is 5.10 Å². The largest absolute Gasteiger partial charge is 0.422 e. The van der Waals surface area contributed by atoms with E-state index in [2.05, 4.69) is 15.8 Å². The Kier molecular flexibility index (Phi) is 7.12. The Morgan fingerprint density at radius 3 is 2.69 bits per heavy atom. The first kappa shape index (κ1) is 22.0. The third-order valence-corrected chi connectivity index (χ3v) is 5.90. The Balaban J connectivity index is 1.54. The van der Waals surface area contributed by atoms with Crippen LogP contribution in [0.4, 0.5) is 0 Å². The SMILES string of the molecule is Cc1cccc(C(=O)Oc2ccc3ccccc3c2/C=N/NC(=S)NC2CCCCC2)c1. The lowest BCUT2D eigenvalue weighted by atomic mass is 9.96. The van der Waals surface area contributed by atoms with Gasteiger partial charge in [0, 0.05) is 11.6 Å². The van der Waals surface area contributed by atoms with Crippen LogP contribution in [0.5, 0.6) is 5.75 Å². The fourth-order valence-corrected chi connectivity index (χ4v) is 4.27. The van der Waals surface area contributed by atoms with E-state index in [0.717, 1.165) is 34.7 Å². The monoisotopic (exact) mass is 445 g/mol. The molecule has 5 nitrogen and oxygen atoms in total. The molecule has 0 radical (unpaired) electrons. The molecule has 0 spiro atoms. The molecule has 2 N–H and O–H groups in total. The van der Waals surface area contributed by atoms with E-state index < -0.39 is 5.97 Å². The summed E-state index contributed by atoms with van der Waals surface area (Å²) in [6, 6.07) is 19.4. The number of esters is 1. The van der Waals surface area contributed by atoms with E-state index in [1.807, 2.05) is 55.5 Å². The van der Waals surface area contributed by atoms with E-state index in [-0.39, 0.29) is 0 Å². The summed E-state index contributed by atoms with van der Waals surface area (Å²) in [5, 5.41) is 10.2. The highest BCUT2D eigenvalue weighted by molar-refractivity contribution is 7.80. The molecule has 6 heteroatoms. The van der Waals surface area contributed by atoms with Crippen molar-refractivity contribution in [3.8, 4) is 5.75 Å². The second kappa shape index (κ2) is 10.4. The van der Waals surface area contributed by atoms with Crippen LogP contribution in [0, 0.1) is 6.92 Å². The molecule has 164 valence electrons. The lowest BCUT2D eigenvalue weighted by Gasteiger charge is -2.23. The molecule has 4 rings (SSSR count). The van der Waals surface area contributed by atoms with Crippen molar-refractivity contribution >= 4 is 40.3 Å². The van der Waals surface area contributed by atoms with Gasteiger partial charge in [0.15, 0.2) is 5.11 Å². The second-order valence-electron chi connectivity index (χ2n) is 8.14. The van der Waals surface area contributed by atoms with Crippen molar-refractivity contribution < 1.29 is 9.53 Å². The first-order chi connectivity index (χ1) is 15.6. The highest BCUT2D eigenvalue weighted by atomic mass is 32.1. The maximum Gasteiger partial charge on any atom is 0.343 e. The van der Waals surface area contributed by atoms with Gasteiger partial charge in [0.1, 0.15) is 5.75 Å². The summed E-state index contributed by atoms with van der Waals surface area (Å²) in [7, 11) is 0. The minimum absolute atomic E-state index is 0.402. The molecule has 0 heterocycles. The smallest absolute Gasteiger partial charge is 0.343 e. The summed E-state index contributed by atoms with van der Waals surface area (Å²) in [6.45, 7) is 1.95. The number of hydrogen-bond donors (Lipinski definition) is 2. The zero-order valence-electron chi connectivity index (χ0n) is 18.1. The van der Waals surface area contributed by atoms with E-state index in [4.69, 9.17) is 17.0 Å². The predicted octanol–water partition coefficient (Wildman–Crippen LogP) is 5.50. The number of ether oxygens (including phenoxy) is 1. The Hall–Kier alpha value is -3.25. The molecule has 0 atom stereocenters. The van der Waals surface area contributed by atoms with Gasteiger partial charge in [0.25, 0.3) is 0 Å². The molecule has 1 aliphatic rings. The average molecular weight is 446 g/mol. The van der Waals surface area contributed by atoms with Crippen molar-refractivity contribution in [1.82, 2.24) is 10.7 Å². The Bertz CT molecular complexity index is 1150. The highest BCUT2D eigenvalue weighted by Crippen LogP contribution is 2.27. The van der Waals surface area contributed by atoms with Crippen LogP contribution in [-0.2, 0) is 0 Å². The number of nitrogens with one attached hydrogen (secondary N) is 2. The summed E-state index contributed by atoms with van der Waals surface area (Å²) < 4.78 is 5.77. The number of carbonyl (C=O) groups is 1. The summed E-state index contributed by atoms with van der Waals surface area (Å²) in [5.41, 5.74) is 5.15. The molecule has 0 bridgehead atoms. The van der Waals surface area contributed by atoms with Crippen LogP contribution in [-0.4, -0.2) is 23.3 Å². The molecule has 3 aromatic carbocycles. The van der Waals surface area contributed by atoms with Crippen LogP contribution in [0.15, 0.2) is 65.8 Å². The molecule has 0 aliphatic heterocycles. The molecule has 0 saturated heterocycles. The lowest BCUT2D eigenvalue weighted by molar-refractivity contribution is 0.0734. The number of benzene rings is 3. The van der Waals surface area contributed by atoms with E-state index in [1.165, 1.54) is 19.3 Å². The normalized spacial score (nSPS) is 14.4. The Labute approximate surface area is 193 Å². The standard InChI is InChI=1S/C26H27N3O2S/c1-18-8-7-10-20(16-18)25(30)31-24-15-14-19-9-5-6-13-22(19)23(24)17-27-29-26(32)28-21-11-3-2-4-12-21/h5-10,13-17,21H,2-4,11-12H2,1H3,(H2,28,29,32)/b27-17+. The summed E-state index contributed by atoms with van der Waals surface area (Å²) in [5.74, 6) is 0.0491. The van der Waals surface area contributed by atoms with Gasteiger partial charge < -0.3 is 10.1 Å². The van der Waals surface area contributed by atoms with Gasteiger partial charge in [-0.05, 0) is 61.0 Å². The summed E-state index contributed by atoms with van der Waals surface area (Å²) >= 11 is 5.40. The van der Waals surface area contributed by atoms with Gasteiger partial charge >= 0.3 is 5.97 Å². The van der Waals surface area contributed by atoms with E-state index in [0.29, 0.717) is 22.5 Å². The van der Waals surface area contributed by atoms with Gasteiger partial charge in [0.05, 0.1) is 11.8 Å². The number of thiocarbonyl (C=S) groups is 1. The first-order valence-corrected chi connectivity index (χ1v) is 11.4. The molecule has 0 aromatic heterocycles. The van der Waals surface area contributed by atoms with E-state index >= 15 is 0 Å². The minimum Gasteiger partial charge on any atom is -0.422 e. The first-order valence-electron chi connectivity index (χ1n) is 11.0. The maximum absolute atomic E-state index is 12.7. The molecular formula is C26H27N3O2S. The van der Waals surface area contributed by atoms with E-state index in [1.54, 1.807) is 18.3 Å². The molecule has 1 fully saturated rings. The number of aryl methyl sites for hydroxylation is 1. The molecule has 0 unspecified atom stereocenters. The molecule has 1 saturated carbocycles. The number of hydrazone groups is 1. The van der Waals surface area contributed by atoms with Gasteiger partial charge in [0.2, 0.25) is 0 Å². The van der Waals surface area contributed by atoms with Crippen LogP contribution >= 0.6 is 12.2 Å². The molecule has 0 amide bonds. The Morgan fingerprint density at radius 1 is 1.06 bits per heavy atom. The lowest BCUT2D eigenvalue weighted by Crippen LogP contribution is -2.40. The van der Waals surface area contributed by atoms with Crippen LogP contribution in [0.2, 0.25) is 0 Å². The van der Waals surface area contributed by atoms with Crippen molar-refractivity contribution in [2.75, 3.05) is 0 Å². The van der Waals surface area contributed by atoms with Gasteiger partial charge in [-0.1, -0.05) is 67.3 Å². The van der Waals surface area contributed by atoms with Crippen LogP contribution < -0.4 is 15.5 Å². The molecular weight excluding hydrogens is 418 g/mol. The number of hydrogen-bond acceptors (Lipinski definition) is 4. The van der Waals surface area contributed by atoms with Gasteiger partial charge in [-0.15, -0.1) is 0 Å². The highest BCUT2D eigenvalue weighted by Gasteiger charge is 2.15. The topological polar surface area (TPSA) is 62.7 Å². The van der Waals surface area contributed by atoms with E-state index in [9.17, 15) is 4.79 Å². The molecule has 3 aromatic rings. The summed E-state index contributed by atoms with van der Waals surface area (Å²) in [6.07, 6.45) is 7.68. The second-order valence-corrected chi connectivity index (χ2v) is 8.54. The number of fused-ring (bicyclic) bond motifs is 1. The predicted molar refractivity (Wildman–Crippen MR) is 133 cm³/mol. The molecule has 32 heavy (non-hydrogen) atoms. The van der Waals surface area contributed by atoms with Gasteiger partial charge in [-0.2, -0.15) is 5.10 Å². The van der Waals surface area contributed by atoms with Crippen LogP contribution in [0.1, 0.15) is 53.6 Å². The fourth-order valence-electron chi connectivity index (χ4n) is 4.05. The quantitative estimate of drug-likeness (QED) is 0.179.